The Morgan fingerprint density at radius 3 is 2.64 bits per heavy atom. The van der Waals surface area contributed by atoms with E-state index in [1.165, 1.54) is 45.3 Å². The number of ether oxygens (including phenoxy) is 1. The lowest BCUT2D eigenvalue weighted by Gasteiger charge is -2.18. The van der Waals surface area contributed by atoms with E-state index in [4.69, 9.17) is 4.74 Å². The minimum Gasteiger partial charge on any atom is -0.377 e. The van der Waals surface area contributed by atoms with Crippen molar-refractivity contribution in [1.82, 2.24) is 4.90 Å². The molecule has 0 unspecified atom stereocenters. The van der Waals surface area contributed by atoms with Gasteiger partial charge in [0, 0.05) is 13.2 Å². The average molecular weight is 155 g/mol. The van der Waals surface area contributed by atoms with Crippen LogP contribution in [0.1, 0.15) is 25.7 Å². The molecule has 0 aromatic rings. The molecule has 0 bridgehead atoms. The van der Waals surface area contributed by atoms with Crippen LogP contribution < -0.4 is 0 Å². The van der Waals surface area contributed by atoms with Crippen molar-refractivity contribution in [2.24, 2.45) is 0 Å². The van der Waals surface area contributed by atoms with Crippen molar-refractivity contribution < 1.29 is 4.74 Å². The van der Waals surface area contributed by atoms with Crippen LogP contribution in [0.25, 0.3) is 0 Å². The van der Waals surface area contributed by atoms with E-state index in [1.54, 1.807) is 0 Å². The highest BCUT2D eigenvalue weighted by atomic mass is 16.5. The fourth-order valence-electron chi connectivity index (χ4n) is 2.04. The van der Waals surface area contributed by atoms with Crippen molar-refractivity contribution in [1.29, 1.82) is 0 Å². The number of hydrogen-bond acceptors (Lipinski definition) is 2. The Labute approximate surface area is 68.5 Å². The monoisotopic (exact) mass is 155 g/mol. The molecule has 0 aromatic heterocycles. The van der Waals surface area contributed by atoms with E-state index in [-0.39, 0.29) is 0 Å². The molecule has 2 nitrogen and oxygen atoms in total. The maximum absolute atomic E-state index is 5.57. The standard InChI is InChI=1S/C9H17NO/c1-2-6-10(5-1)8-9-4-3-7-11-9/h9H,1-8H2/t9-/m0/s1. The Bertz CT molecular complexity index is 101. The van der Waals surface area contributed by atoms with Gasteiger partial charge < -0.3 is 9.64 Å². The second-order valence-electron chi connectivity index (χ2n) is 3.64. The summed E-state index contributed by atoms with van der Waals surface area (Å²) < 4.78 is 5.57. The van der Waals surface area contributed by atoms with Crippen LogP contribution in [0.5, 0.6) is 0 Å². The molecule has 2 rings (SSSR count). The van der Waals surface area contributed by atoms with Gasteiger partial charge >= 0.3 is 0 Å². The molecule has 2 heterocycles. The van der Waals surface area contributed by atoms with Crippen LogP contribution in [0, 0.1) is 0 Å². The Morgan fingerprint density at radius 2 is 2.00 bits per heavy atom. The Hall–Kier alpha value is -0.0800. The van der Waals surface area contributed by atoms with Crippen molar-refractivity contribution >= 4 is 0 Å². The van der Waals surface area contributed by atoms with Crippen molar-refractivity contribution in [3.05, 3.63) is 0 Å². The summed E-state index contributed by atoms with van der Waals surface area (Å²) in [5.41, 5.74) is 0. The third-order valence-corrected chi connectivity index (χ3v) is 2.68. The van der Waals surface area contributed by atoms with E-state index in [1.807, 2.05) is 0 Å². The van der Waals surface area contributed by atoms with Gasteiger partial charge in [-0.25, -0.2) is 0 Å². The molecular formula is C9H17NO. The van der Waals surface area contributed by atoms with E-state index < -0.39 is 0 Å². The summed E-state index contributed by atoms with van der Waals surface area (Å²) in [7, 11) is 0. The van der Waals surface area contributed by atoms with Crippen LogP contribution in [0.3, 0.4) is 0 Å². The molecule has 2 saturated heterocycles. The van der Waals surface area contributed by atoms with Gasteiger partial charge in [0.15, 0.2) is 0 Å². The zero-order chi connectivity index (χ0) is 7.52. The highest BCUT2D eigenvalue weighted by molar-refractivity contribution is 4.73. The van der Waals surface area contributed by atoms with Crippen LogP contribution in [0.15, 0.2) is 0 Å². The molecule has 0 spiro atoms. The molecule has 1 atom stereocenters. The van der Waals surface area contributed by atoms with E-state index in [0.29, 0.717) is 6.10 Å². The number of nitrogens with zero attached hydrogens (tertiary/aromatic N) is 1. The fraction of sp³-hybridized carbons (Fsp3) is 1.00. The summed E-state index contributed by atoms with van der Waals surface area (Å²) in [6.07, 6.45) is 5.92. The van der Waals surface area contributed by atoms with Crippen molar-refractivity contribution in [2.75, 3.05) is 26.2 Å². The molecule has 2 fully saturated rings. The number of rotatable bonds is 2. The first-order valence-corrected chi connectivity index (χ1v) is 4.79. The Balaban J connectivity index is 1.71. The van der Waals surface area contributed by atoms with E-state index in [2.05, 4.69) is 4.90 Å². The summed E-state index contributed by atoms with van der Waals surface area (Å²) in [5, 5.41) is 0. The third-order valence-electron chi connectivity index (χ3n) is 2.68. The zero-order valence-corrected chi connectivity index (χ0v) is 7.09. The molecule has 2 aliphatic heterocycles. The van der Waals surface area contributed by atoms with E-state index in [9.17, 15) is 0 Å². The lowest BCUT2D eigenvalue weighted by atomic mass is 10.2. The van der Waals surface area contributed by atoms with Gasteiger partial charge in [0.1, 0.15) is 0 Å². The molecule has 0 N–H and O–H groups in total. The second-order valence-corrected chi connectivity index (χ2v) is 3.64. The lowest BCUT2D eigenvalue weighted by molar-refractivity contribution is 0.0807. The third kappa shape index (κ3) is 1.94. The van der Waals surface area contributed by atoms with Crippen molar-refractivity contribution in [3.63, 3.8) is 0 Å². The van der Waals surface area contributed by atoms with Crippen molar-refractivity contribution in [2.45, 2.75) is 31.8 Å². The highest BCUT2D eigenvalue weighted by Crippen LogP contribution is 2.16. The normalized spacial score (nSPS) is 33.3. The molecule has 2 heteroatoms. The first-order valence-electron chi connectivity index (χ1n) is 4.79. The van der Waals surface area contributed by atoms with Gasteiger partial charge in [-0.2, -0.15) is 0 Å². The average Bonchev–Trinajstić information content (AvgIpc) is 2.60. The molecule has 11 heavy (non-hydrogen) atoms. The summed E-state index contributed by atoms with van der Waals surface area (Å²) in [6.45, 7) is 4.80. The quantitative estimate of drug-likeness (QED) is 0.595. The molecule has 0 saturated carbocycles. The summed E-state index contributed by atoms with van der Waals surface area (Å²) in [6, 6.07) is 0. The minimum absolute atomic E-state index is 0.563. The van der Waals surface area contributed by atoms with Crippen LogP contribution in [0.2, 0.25) is 0 Å². The first-order chi connectivity index (χ1) is 5.45. The SMILES string of the molecule is C1CO[C@H](CN2CCCC2)C1. The first kappa shape index (κ1) is 7.56. The molecular weight excluding hydrogens is 138 g/mol. The molecule has 0 radical (unpaired) electrons. The van der Waals surface area contributed by atoms with Crippen LogP contribution in [-0.4, -0.2) is 37.2 Å². The van der Waals surface area contributed by atoms with Gasteiger partial charge in [0.25, 0.3) is 0 Å². The maximum atomic E-state index is 5.57. The van der Waals surface area contributed by atoms with E-state index >= 15 is 0 Å². The lowest BCUT2D eigenvalue weighted by Crippen LogP contribution is -2.29. The van der Waals surface area contributed by atoms with Crippen LogP contribution in [0.4, 0.5) is 0 Å². The van der Waals surface area contributed by atoms with Crippen LogP contribution >= 0.6 is 0 Å². The molecule has 64 valence electrons. The molecule has 0 aliphatic carbocycles. The number of likely N-dealkylation sites (tertiary alicyclic amines) is 1. The molecule has 2 aliphatic rings. The van der Waals surface area contributed by atoms with Gasteiger partial charge in [0.05, 0.1) is 6.10 Å². The summed E-state index contributed by atoms with van der Waals surface area (Å²) in [4.78, 5) is 2.54. The highest BCUT2D eigenvalue weighted by Gasteiger charge is 2.20. The van der Waals surface area contributed by atoms with Crippen LogP contribution in [-0.2, 0) is 4.74 Å². The maximum Gasteiger partial charge on any atom is 0.0702 e. The van der Waals surface area contributed by atoms with Crippen molar-refractivity contribution in [3.8, 4) is 0 Å². The number of hydrogen-bond donors (Lipinski definition) is 0. The van der Waals surface area contributed by atoms with Gasteiger partial charge in [-0.15, -0.1) is 0 Å². The topological polar surface area (TPSA) is 12.5 Å². The second kappa shape index (κ2) is 3.55. The minimum atomic E-state index is 0.563. The fourth-order valence-corrected chi connectivity index (χ4v) is 2.04. The molecule has 0 amide bonds. The molecule has 0 aromatic carbocycles. The summed E-state index contributed by atoms with van der Waals surface area (Å²) >= 11 is 0. The van der Waals surface area contributed by atoms with Gasteiger partial charge in [0.2, 0.25) is 0 Å². The van der Waals surface area contributed by atoms with E-state index in [0.717, 1.165) is 6.61 Å². The largest absolute Gasteiger partial charge is 0.377 e. The van der Waals surface area contributed by atoms with Gasteiger partial charge in [-0.3, -0.25) is 0 Å². The summed E-state index contributed by atoms with van der Waals surface area (Å²) in [5.74, 6) is 0. The smallest absolute Gasteiger partial charge is 0.0702 e. The zero-order valence-electron chi connectivity index (χ0n) is 7.09. The van der Waals surface area contributed by atoms with Gasteiger partial charge in [-0.05, 0) is 38.8 Å². The Morgan fingerprint density at radius 1 is 1.18 bits per heavy atom. The predicted octanol–water partition coefficient (Wildman–Crippen LogP) is 1.26. The Kier molecular flexibility index (Phi) is 2.44. The predicted molar refractivity (Wildman–Crippen MR) is 44.6 cm³/mol. The van der Waals surface area contributed by atoms with Gasteiger partial charge in [-0.1, -0.05) is 0 Å².